The molecule has 0 saturated heterocycles. The van der Waals surface area contributed by atoms with Gasteiger partial charge in [-0.3, -0.25) is 10.1 Å². The molecule has 14 heavy (non-hydrogen) atoms. The van der Waals surface area contributed by atoms with Gasteiger partial charge in [-0.15, -0.1) is 11.6 Å². The standard InChI is InChI=1S/C8H6Cl2N2O2/c9-3-1-2-7-8(12(13)14)4-6(10)5-11-7/h1-2,4-5H,3H2. The molecule has 1 heterocycles. The van der Waals surface area contributed by atoms with Gasteiger partial charge < -0.3 is 0 Å². The number of alkyl halides is 1. The average Bonchev–Trinajstić information content (AvgIpc) is 2.15. The van der Waals surface area contributed by atoms with Gasteiger partial charge in [0.2, 0.25) is 0 Å². The molecule has 1 aromatic heterocycles. The Labute approximate surface area is 90.3 Å². The minimum absolute atomic E-state index is 0.126. The zero-order chi connectivity index (χ0) is 10.6. The number of hydrogen-bond acceptors (Lipinski definition) is 3. The van der Waals surface area contributed by atoms with Gasteiger partial charge in [-0.1, -0.05) is 17.7 Å². The van der Waals surface area contributed by atoms with Crippen molar-refractivity contribution in [1.82, 2.24) is 4.98 Å². The van der Waals surface area contributed by atoms with Crippen molar-refractivity contribution in [1.29, 1.82) is 0 Å². The molecule has 0 amide bonds. The summed E-state index contributed by atoms with van der Waals surface area (Å²) >= 11 is 11.0. The van der Waals surface area contributed by atoms with Crippen LogP contribution in [0.15, 0.2) is 18.3 Å². The van der Waals surface area contributed by atoms with Gasteiger partial charge in [0.05, 0.1) is 9.95 Å². The van der Waals surface area contributed by atoms with Gasteiger partial charge in [0.15, 0.2) is 0 Å². The monoisotopic (exact) mass is 232 g/mol. The molecule has 0 spiro atoms. The largest absolute Gasteiger partial charge is 0.296 e. The van der Waals surface area contributed by atoms with Gasteiger partial charge in [0, 0.05) is 18.1 Å². The quantitative estimate of drug-likeness (QED) is 0.458. The molecule has 0 saturated carbocycles. The SMILES string of the molecule is O=[N+]([O-])c1cc(Cl)cnc1C=CCCl. The third-order valence-electron chi connectivity index (χ3n) is 1.43. The third-order valence-corrected chi connectivity index (χ3v) is 1.81. The van der Waals surface area contributed by atoms with E-state index < -0.39 is 4.92 Å². The molecule has 0 aliphatic rings. The van der Waals surface area contributed by atoms with Gasteiger partial charge in [-0.25, -0.2) is 4.98 Å². The minimum atomic E-state index is -0.535. The number of halogens is 2. The fourth-order valence-electron chi connectivity index (χ4n) is 0.870. The Bertz CT molecular complexity index is 380. The van der Waals surface area contributed by atoms with E-state index >= 15 is 0 Å². The summed E-state index contributed by atoms with van der Waals surface area (Å²) in [5.74, 6) is 0.279. The molecule has 0 fully saturated rings. The average molecular weight is 233 g/mol. The highest BCUT2D eigenvalue weighted by Gasteiger charge is 2.12. The van der Waals surface area contributed by atoms with Gasteiger partial charge in [-0.05, 0) is 6.08 Å². The fourth-order valence-corrected chi connectivity index (χ4v) is 1.11. The predicted octanol–water partition coefficient (Wildman–Crippen LogP) is 2.90. The Morgan fingerprint density at radius 1 is 1.64 bits per heavy atom. The van der Waals surface area contributed by atoms with Crippen molar-refractivity contribution < 1.29 is 4.92 Å². The summed E-state index contributed by atoms with van der Waals surface area (Å²) in [6, 6.07) is 1.25. The molecule has 1 aromatic rings. The van der Waals surface area contributed by atoms with Gasteiger partial charge in [0.1, 0.15) is 5.69 Å². The fraction of sp³-hybridized carbons (Fsp3) is 0.125. The second-order valence-corrected chi connectivity index (χ2v) is 3.12. The molecule has 74 valence electrons. The summed E-state index contributed by atoms with van der Waals surface area (Å²) in [5, 5.41) is 10.8. The summed E-state index contributed by atoms with van der Waals surface area (Å²) in [6.07, 6.45) is 4.41. The summed E-state index contributed by atoms with van der Waals surface area (Å²) < 4.78 is 0. The predicted molar refractivity (Wildman–Crippen MR) is 55.7 cm³/mol. The van der Waals surface area contributed by atoms with Crippen LogP contribution in [0.4, 0.5) is 5.69 Å². The number of nitro groups is 1. The van der Waals surface area contributed by atoms with Gasteiger partial charge >= 0.3 is 0 Å². The maximum atomic E-state index is 10.6. The molecule has 0 aliphatic heterocycles. The van der Waals surface area contributed by atoms with E-state index in [4.69, 9.17) is 23.2 Å². The molecular formula is C8H6Cl2N2O2. The highest BCUT2D eigenvalue weighted by molar-refractivity contribution is 6.30. The molecule has 1 rings (SSSR count). The number of pyridine rings is 1. The van der Waals surface area contributed by atoms with E-state index in [0.717, 1.165) is 0 Å². The third kappa shape index (κ3) is 2.68. The Hall–Kier alpha value is -1.13. The Balaban J connectivity index is 3.15. The first-order valence-electron chi connectivity index (χ1n) is 3.67. The van der Waals surface area contributed by atoms with Crippen LogP contribution in [0.25, 0.3) is 6.08 Å². The first-order valence-corrected chi connectivity index (χ1v) is 4.59. The van der Waals surface area contributed by atoms with E-state index in [1.807, 2.05) is 0 Å². The van der Waals surface area contributed by atoms with Crippen LogP contribution in [0.2, 0.25) is 5.02 Å². The zero-order valence-electron chi connectivity index (χ0n) is 6.98. The van der Waals surface area contributed by atoms with Crippen molar-refractivity contribution in [3.63, 3.8) is 0 Å². The maximum absolute atomic E-state index is 10.6. The summed E-state index contributed by atoms with van der Waals surface area (Å²) in [4.78, 5) is 13.9. The lowest BCUT2D eigenvalue weighted by Gasteiger charge is -1.96. The van der Waals surface area contributed by atoms with Crippen molar-refractivity contribution in [2.45, 2.75) is 0 Å². The van der Waals surface area contributed by atoms with Gasteiger partial charge in [-0.2, -0.15) is 0 Å². The molecule has 0 N–H and O–H groups in total. The molecule has 0 aliphatic carbocycles. The molecule has 0 atom stereocenters. The number of aromatic nitrogens is 1. The van der Waals surface area contributed by atoms with Crippen LogP contribution in [0.3, 0.4) is 0 Å². The Kier molecular flexibility index (Phi) is 3.85. The van der Waals surface area contributed by atoms with Crippen LogP contribution in [0.5, 0.6) is 0 Å². The highest BCUT2D eigenvalue weighted by Crippen LogP contribution is 2.21. The normalized spacial score (nSPS) is 10.7. The minimum Gasteiger partial charge on any atom is -0.258 e. The molecule has 0 aromatic carbocycles. The van der Waals surface area contributed by atoms with E-state index in [9.17, 15) is 10.1 Å². The van der Waals surface area contributed by atoms with Crippen molar-refractivity contribution in [2.24, 2.45) is 0 Å². The second kappa shape index (κ2) is 4.93. The lowest BCUT2D eigenvalue weighted by atomic mass is 10.3. The number of allylic oxidation sites excluding steroid dienone is 1. The smallest absolute Gasteiger partial charge is 0.258 e. The lowest BCUT2D eigenvalue weighted by Crippen LogP contribution is -1.93. The number of rotatable bonds is 3. The van der Waals surface area contributed by atoms with Crippen molar-refractivity contribution in [2.75, 3.05) is 5.88 Å². The summed E-state index contributed by atoms with van der Waals surface area (Å²) in [6.45, 7) is 0. The summed E-state index contributed by atoms with van der Waals surface area (Å²) in [5.41, 5.74) is 0.124. The molecular weight excluding hydrogens is 227 g/mol. The molecule has 0 unspecified atom stereocenters. The number of hydrogen-bond donors (Lipinski definition) is 0. The van der Waals surface area contributed by atoms with E-state index in [1.165, 1.54) is 18.3 Å². The van der Waals surface area contributed by atoms with Crippen molar-refractivity contribution >= 4 is 35.0 Å². The first-order chi connectivity index (χ1) is 6.65. The van der Waals surface area contributed by atoms with E-state index in [0.29, 0.717) is 0 Å². The topological polar surface area (TPSA) is 56.0 Å². The van der Waals surface area contributed by atoms with E-state index in [1.54, 1.807) is 6.08 Å². The number of nitrogens with zero attached hydrogens (tertiary/aromatic N) is 2. The van der Waals surface area contributed by atoms with E-state index in [2.05, 4.69) is 4.98 Å². The highest BCUT2D eigenvalue weighted by atomic mass is 35.5. The van der Waals surface area contributed by atoms with Crippen molar-refractivity contribution in [3.8, 4) is 0 Å². The maximum Gasteiger partial charge on any atom is 0.296 e. The van der Waals surface area contributed by atoms with Crippen LogP contribution in [-0.4, -0.2) is 15.8 Å². The Morgan fingerprint density at radius 2 is 2.36 bits per heavy atom. The molecule has 0 radical (unpaired) electrons. The molecule has 0 bridgehead atoms. The van der Waals surface area contributed by atoms with Crippen LogP contribution in [0.1, 0.15) is 5.69 Å². The van der Waals surface area contributed by atoms with Crippen LogP contribution in [-0.2, 0) is 0 Å². The first kappa shape index (κ1) is 10.9. The Morgan fingerprint density at radius 3 is 2.93 bits per heavy atom. The second-order valence-electron chi connectivity index (χ2n) is 2.37. The molecule has 4 nitrogen and oxygen atoms in total. The summed E-state index contributed by atoms with van der Waals surface area (Å²) in [7, 11) is 0. The lowest BCUT2D eigenvalue weighted by molar-refractivity contribution is -0.385. The molecule has 6 heteroatoms. The zero-order valence-corrected chi connectivity index (χ0v) is 8.50. The van der Waals surface area contributed by atoms with Crippen LogP contribution in [0, 0.1) is 10.1 Å². The van der Waals surface area contributed by atoms with Gasteiger partial charge in [0.25, 0.3) is 5.69 Å². The van der Waals surface area contributed by atoms with Crippen LogP contribution < -0.4 is 0 Å². The van der Waals surface area contributed by atoms with Crippen molar-refractivity contribution in [3.05, 3.63) is 39.2 Å². The van der Waals surface area contributed by atoms with E-state index in [-0.39, 0.29) is 22.3 Å². The van der Waals surface area contributed by atoms with Crippen LogP contribution >= 0.6 is 23.2 Å².